The summed E-state index contributed by atoms with van der Waals surface area (Å²) in [5, 5.41) is 24.1. The zero-order valence-corrected chi connectivity index (χ0v) is 13.9. The maximum atomic E-state index is 12.9. The molecule has 1 N–H and O–H groups in total. The summed E-state index contributed by atoms with van der Waals surface area (Å²) in [4.78, 5) is 14.7. The highest BCUT2D eigenvalue weighted by molar-refractivity contribution is 5.96. The molecule has 6 heteroatoms. The van der Waals surface area contributed by atoms with Gasteiger partial charge in [-0.2, -0.15) is 10.4 Å². The fraction of sp³-hybridized carbons (Fsp3) is 0.421. The molecule has 1 amide bonds. The Kier molecular flexibility index (Phi) is 4.02. The van der Waals surface area contributed by atoms with Gasteiger partial charge in [0.25, 0.3) is 5.91 Å². The van der Waals surface area contributed by atoms with Crippen LogP contribution in [0.3, 0.4) is 0 Å². The Morgan fingerprint density at radius 1 is 1.32 bits per heavy atom. The largest absolute Gasteiger partial charge is 0.386 e. The molecule has 6 nitrogen and oxygen atoms in total. The molecule has 4 rings (SSSR count). The van der Waals surface area contributed by atoms with Crippen molar-refractivity contribution in [2.45, 2.75) is 38.5 Å². The van der Waals surface area contributed by atoms with E-state index < -0.39 is 6.10 Å². The van der Waals surface area contributed by atoms with Crippen LogP contribution in [-0.2, 0) is 13.1 Å². The number of aryl methyl sites for hydroxylation is 1. The van der Waals surface area contributed by atoms with Gasteiger partial charge >= 0.3 is 0 Å². The van der Waals surface area contributed by atoms with E-state index in [-0.39, 0.29) is 5.91 Å². The summed E-state index contributed by atoms with van der Waals surface area (Å²) < 4.78 is 1.91. The Morgan fingerprint density at radius 3 is 2.88 bits per heavy atom. The highest BCUT2D eigenvalue weighted by Gasteiger charge is 2.33. The van der Waals surface area contributed by atoms with E-state index in [1.165, 1.54) is 0 Å². The number of aliphatic hydroxyl groups excluding tert-OH is 1. The Balaban J connectivity index is 1.58. The van der Waals surface area contributed by atoms with Gasteiger partial charge in [-0.3, -0.25) is 9.48 Å². The first-order valence-electron chi connectivity index (χ1n) is 8.70. The minimum atomic E-state index is -0.497. The number of aliphatic hydroxyl groups is 1. The van der Waals surface area contributed by atoms with Crippen LogP contribution in [0.1, 0.15) is 52.7 Å². The van der Waals surface area contributed by atoms with Gasteiger partial charge in [-0.15, -0.1) is 0 Å². The number of carbonyl (C=O) groups is 1. The summed E-state index contributed by atoms with van der Waals surface area (Å²) in [6.45, 7) is 1.81. The van der Waals surface area contributed by atoms with Crippen molar-refractivity contribution in [2.24, 2.45) is 5.92 Å². The van der Waals surface area contributed by atoms with E-state index in [2.05, 4.69) is 11.2 Å². The predicted octanol–water partition coefficient (Wildman–Crippen LogP) is 2.24. The molecule has 128 valence electrons. The second kappa shape index (κ2) is 6.34. The van der Waals surface area contributed by atoms with Gasteiger partial charge in [0.05, 0.1) is 35.1 Å². The number of rotatable bonds is 3. The molecule has 2 heterocycles. The molecule has 1 atom stereocenters. The molecule has 1 aromatic carbocycles. The van der Waals surface area contributed by atoms with Crippen LogP contribution in [-0.4, -0.2) is 32.2 Å². The second-order valence-corrected chi connectivity index (χ2v) is 6.80. The SMILES string of the molecule is N#Cc1ccccc1C(=O)N1CCCn2nc([C@@H](O)C3CC3)cc2C1. The summed E-state index contributed by atoms with van der Waals surface area (Å²) in [5.74, 6) is 0.204. The quantitative estimate of drug-likeness (QED) is 0.932. The highest BCUT2D eigenvalue weighted by atomic mass is 16.3. The van der Waals surface area contributed by atoms with Crippen LogP contribution in [0, 0.1) is 17.2 Å². The molecule has 1 fully saturated rings. The number of hydrogen-bond acceptors (Lipinski definition) is 4. The summed E-state index contributed by atoms with van der Waals surface area (Å²) in [6, 6.07) is 10.9. The summed E-state index contributed by atoms with van der Waals surface area (Å²) >= 11 is 0. The molecule has 1 aliphatic heterocycles. The normalized spacial score (nSPS) is 18.2. The smallest absolute Gasteiger partial charge is 0.255 e. The summed E-state index contributed by atoms with van der Waals surface area (Å²) in [5.41, 5.74) is 2.49. The van der Waals surface area contributed by atoms with E-state index in [0.717, 1.165) is 31.5 Å². The summed E-state index contributed by atoms with van der Waals surface area (Å²) in [7, 11) is 0. The number of fused-ring (bicyclic) bond motifs is 1. The molecule has 0 unspecified atom stereocenters. The number of aromatic nitrogens is 2. The molecular formula is C19H20N4O2. The van der Waals surface area contributed by atoms with Crippen molar-refractivity contribution in [3.63, 3.8) is 0 Å². The minimum absolute atomic E-state index is 0.129. The molecule has 0 spiro atoms. The van der Waals surface area contributed by atoms with Crippen molar-refractivity contribution in [2.75, 3.05) is 6.54 Å². The third-order valence-electron chi connectivity index (χ3n) is 4.97. The lowest BCUT2D eigenvalue weighted by molar-refractivity contribution is 0.0745. The first-order valence-corrected chi connectivity index (χ1v) is 8.70. The predicted molar refractivity (Wildman–Crippen MR) is 90.4 cm³/mol. The van der Waals surface area contributed by atoms with Gasteiger partial charge in [0.15, 0.2) is 0 Å². The number of nitriles is 1. The van der Waals surface area contributed by atoms with Gasteiger partial charge in [0.2, 0.25) is 0 Å². The zero-order valence-electron chi connectivity index (χ0n) is 13.9. The van der Waals surface area contributed by atoms with Gasteiger partial charge in [0.1, 0.15) is 6.10 Å². The number of carbonyl (C=O) groups excluding carboxylic acids is 1. The topological polar surface area (TPSA) is 82.2 Å². The Bertz CT molecular complexity index is 847. The van der Waals surface area contributed by atoms with Crippen LogP contribution >= 0.6 is 0 Å². The lowest BCUT2D eigenvalue weighted by Gasteiger charge is -2.20. The van der Waals surface area contributed by atoms with Gasteiger partial charge in [0, 0.05) is 13.1 Å². The van der Waals surface area contributed by atoms with E-state index in [0.29, 0.717) is 35.8 Å². The standard InChI is InChI=1S/C19H20N4O2/c20-11-14-4-1-2-5-16(14)19(25)22-8-3-9-23-15(12-22)10-17(21-23)18(24)13-6-7-13/h1-2,4-5,10,13,18,24H,3,6-9,12H2/t18-/m0/s1. The zero-order chi connectivity index (χ0) is 17.4. The van der Waals surface area contributed by atoms with Crippen molar-refractivity contribution in [3.8, 4) is 6.07 Å². The highest BCUT2D eigenvalue weighted by Crippen LogP contribution is 2.40. The van der Waals surface area contributed by atoms with Gasteiger partial charge in [-0.05, 0) is 43.4 Å². The van der Waals surface area contributed by atoms with E-state index in [9.17, 15) is 15.2 Å². The molecule has 0 bridgehead atoms. The molecule has 0 radical (unpaired) electrons. The second-order valence-electron chi connectivity index (χ2n) is 6.80. The van der Waals surface area contributed by atoms with Gasteiger partial charge < -0.3 is 10.0 Å². The minimum Gasteiger partial charge on any atom is -0.386 e. The molecule has 1 saturated carbocycles. The molecule has 1 aromatic heterocycles. The number of amides is 1. The Hall–Kier alpha value is -2.65. The fourth-order valence-electron chi connectivity index (χ4n) is 3.39. The van der Waals surface area contributed by atoms with E-state index >= 15 is 0 Å². The first kappa shape index (κ1) is 15.9. The van der Waals surface area contributed by atoms with Gasteiger partial charge in [-0.1, -0.05) is 12.1 Å². The number of benzene rings is 1. The van der Waals surface area contributed by atoms with E-state index in [1.54, 1.807) is 29.2 Å². The molecule has 25 heavy (non-hydrogen) atoms. The lowest BCUT2D eigenvalue weighted by atomic mass is 10.1. The molecule has 1 aliphatic carbocycles. The van der Waals surface area contributed by atoms with Crippen LogP contribution in [0.25, 0.3) is 0 Å². The third kappa shape index (κ3) is 3.03. The third-order valence-corrected chi connectivity index (χ3v) is 4.97. The maximum absolute atomic E-state index is 12.9. The van der Waals surface area contributed by atoms with Crippen LogP contribution in [0.4, 0.5) is 0 Å². The van der Waals surface area contributed by atoms with Crippen molar-refractivity contribution in [1.82, 2.24) is 14.7 Å². The average molecular weight is 336 g/mol. The van der Waals surface area contributed by atoms with Crippen molar-refractivity contribution < 1.29 is 9.90 Å². The van der Waals surface area contributed by atoms with E-state index in [4.69, 9.17) is 0 Å². The molecular weight excluding hydrogens is 316 g/mol. The number of hydrogen-bond donors (Lipinski definition) is 1. The molecule has 2 aromatic rings. The van der Waals surface area contributed by atoms with Crippen molar-refractivity contribution in [1.29, 1.82) is 5.26 Å². The van der Waals surface area contributed by atoms with E-state index in [1.807, 2.05) is 10.7 Å². The van der Waals surface area contributed by atoms with Crippen molar-refractivity contribution >= 4 is 5.91 Å². The molecule has 0 saturated heterocycles. The lowest BCUT2D eigenvalue weighted by Crippen LogP contribution is -2.31. The number of nitrogens with zero attached hydrogens (tertiary/aromatic N) is 4. The van der Waals surface area contributed by atoms with Crippen molar-refractivity contribution in [3.05, 3.63) is 52.8 Å². The Morgan fingerprint density at radius 2 is 2.12 bits per heavy atom. The fourth-order valence-corrected chi connectivity index (χ4v) is 3.39. The van der Waals surface area contributed by atoms with Gasteiger partial charge in [-0.25, -0.2) is 0 Å². The van der Waals surface area contributed by atoms with Crippen LogP contribution in [0.5, 0.6) is 0 Å². The maximum Gasteiger partial charge on any atom is 0.255 e. The van der Waals surface area contributed by atoms with Crippen LogP contribution < -0.4 is 0 Å². The monoisotopic (exact) mass is 336 g/mol. The molecule has 2 aliphatic rings. The average Bonchev–Trinajstić information content (AvgIpc) is 3.44. The summed E-state index contributed by atoms with van der Waals surface area (Å²) in [6.07, 6.45) is 2.41. The Labute approximate surface area is 146 Å². The van der Waals surface area contributed by atoms with Crippen LogP contribution in [0.2, 0.25) is 0 Å². The first-order chi connectivity index (χ1) is 12.2. The van der Waals surface area contributed by atoms with Crippen LogP contribution in [0.15, 0.2) is 30.3 Å².